The van der Waals surface area contributed by atoms with Gasteiger partial charge < -0.3 is 15.0 Å². The lowest BCUT2D eigenvalue weighted by Crippen LogP contribution is -2.43. The number of carbonyl (C=O) groups excluding carboxylic acids is 1. The first kappa shape index (κ1) is 17.6. The summed E-state index contributed by atoms with van der Waals surface area (Å²) in [5.41, 5.74) is 1.09. The molecule has 0 amide bonds. The van der Waals surface area contributed by atoms with Crippen molar-refractivity contribution in [2.45, 2.75) is 38.8 Å². The number of aromatic nitrogens is 1. The summed E-state index contributed by atoms with van der Waals surface area (Å²) in [5, 5.41) is 3.25. The number of pyridine rings is 1. The fourth-order valence-corrected chi connectivity index (χ4v) is 2.13. The molecule has 0 aliphatic heterocycles. The Hall–Kier alpha value is -1.46. The third-order valence-corrected chi connectivity index (χ3v) is 3.30. The second-order valence-electron chi connectivity index (χ2n) is 5.56. The van der Waals surface area contributed by atoms with Crippen molar-refractivity contribution in [1.82, 2.24) is 15.2 Å². The Morgan fingerprint density at radius 2 is 2.14 bits per heavy atom. The minimum absolute atomic E-state index is 0.193. The lowest BCUT2D eigenvalue weighted by atomic mass is 10.1. The predicted molar refractivity (Wildman–Crippen MR) is 84.1 cm³/mol. The Balaban J connectivity index is 2.35. The molecule has 1 unspecified atom stereocenters. The highest BCUT2D eigenvalue weighted by atomic mass is 16.5. The Labute approximate surface area is 127 Å². The fraction of sp³-hybridized carbons (Fsp3) is 0.625. The van der Waals surface area contributed by atoms with Crippen molar-refractivity contribution in [3.05, 3.63) is 30.1 Å². The van der Waals surface area contributed by atoms with Crippen molar-refractivity contribution in [3.63, 3.8) is 0 Å². The molecule has 0 fully saturated rings. The minimum Gasteiger partial charge on any atom is -0.468 e. The highest BCUT2D eigenvalue weighted by molar-refractivity contribution is 5.75. The second-order valence-corrected chi connectivity index (χ2v) is 5.56. The predicted octanol–water partition coefficient (Wildman–Crippen LogP) is 1.49. The van der Waals surface area contributed by atoms with Crippen LogP contribution in [-0.4, -0.2) is 55.2 Å². The van der Waals surface area contributed by atoms with Gasteiger partial charge in [0.2, 0.25) is 0 Å². The molecule has 118 valence electrons. The van der Waals surface area contributed by atoms with E-state index in [9.17, 15) is 4.79 Å². The molecule has 0 radical (unpaired) electrons. The third kappa shape index (κ3) is 7.20. The van der Waals surface area contributed by atoms with Crippen LogP contribution in [0.1, 0.15) is 26.0 Å². The number of esters is 1. The molecule has 1 rings (SSSR count). The van der Waals surface area contributed by atoms with Gasteiger partial charge >= 0.3 is 5.97 Å². The first-order valence-electron chi connectivity index (χ1n) is 7.45. The second kappa shape index (κ2) is 9.47. The summed E-state index contributed by atoms with van der Waals surface area (Å²) in [4.78, 5) is 18.3. The summed E-state index contributed by atoms with van der Waals surface area (Å²) in [7, 11) is 3.49. The summed E-state index contributed by atoms with van der Waals surface area (Å²) in [6, 6.07) is 5.97. The molecule has 0 saturated carbocycles. The number of rotatable bonds is 9. The first-order valence-corrected chi connectivity index (χ1v) is 7.45. The number of carbonyl (C=O) groups is 1. The topological polar surface area (TPSA) is 54.5 Å². The first-order chi connectivity index (χ1) is 10.0. The van der Waals surface area contributed by atoms with E-state index in [1.807, 2.05) is 38.2 Å². The maximum atomic E-state index is 11.7. The fourth-order valence-electron chi connectivity index (χ4n) is 2.13. The number of nitrogens with one attached hydrogen (secondary N) is 1. The maximum Gasteiger partial charge on any atom is 0.322 e. The number of nitrogens with zero attached hydrogens (tertiary/aromatic N) is 2. The quantitative estimate of drug-likeness (QED) is 0.699. The zero-order valence-corrected chi connectivity index (χ0v) is 13.5. The van der Waals surface area contributed by atoms with Gasteiger partial charge in [-0.15, -0.1) is 0 Å². The lowest BCUT2D eigenvalue weighted by Gasteiger charge is -2.22. The van der Waals surface area contributed by atoms with Gasteiger partial charge in [-0.05, 0) is 32.1 Å². The highest BCUT2D eigenvalue weighted by Crippen LogP contribution is 2.01. The van der Waals surface area contributed by atoms with E-state index in [0.29, 0.717) is 0 Å². The van der Waals surface area contributed by atoms with E-state index in [-0.39, 0.29) is 18.1 Å². The Morgan fingerprint density at radius 1 is 1.38 bits per heavy atom. The largest absolute Gasteiger partial charge is 0.468 e. The van der Waals surface area contributed by atoms with Crippen LogP contribution in [0, 0.1) is 0 Å². The summed E-state index contributed by atoms with van der Waals surface area (Å²) in [6.07, 6.45) is 3.47. The molecule has 1 aromatic heterocycles. The van der Waals surface area contributed by atoms with E-state index in [4.69, 9.17) is 4.74 Å². The molecule has 0 saturated heterocycles. The van der Waals surface area contributed by atoms with Crippen molar-refractivity contribution >= 4 is 5.97 Å². The van der Waals surface area contributed by atoms with Gasteiger partial charge in [0, 0.05) is 30.9 Å². The highest BCUT2D eigenvalue weighted by Gasteiger charge is 2.19. The lowest BCUT2D eigenvalue weighted by molar-refractivity contribution is -0.143. The molecular formula is C16H27N3O2. The van der Waals surface area contributed by atoms with Crippen LogP contribution < -0.4 is 5.32 Å². The molecule has 5 heteroatoms. The van der Waals surface area contributed by atoms with Gasteiger partial charge in [0.05, 0.1) is 7.11 Å². The molecule has 0 spiro atoms. The van der Waals surface area contributed by atoms with Crippen molar-refractivity contribution in [2.75, 3.05) is 27.2 Å². The van der Waals surface area contributed by atoms with Crippen LogP contribution in [0.15, 0.2) is 24.4 Å². The summed E-state index contributed by atoms with van der Waals surface area (Å²) < 4.78 is 4.84. The van der Waals surface area contributed by atoms with Crippen LogP contribution in [0.3, 0.4) is 0 Å². The monoisotopic (exact) mass is 293 g/mol. The van der Waals surface area contributed by atoms with Crippen LogP contribution in [0.2, 0.25) is 0 Å². The van der Waals surface area contributed by atoms with Crippen LogP contribution in [-0.2, 0) is 16.0 Å². The molecule has 0 aliphatic rings. The Kier molecular flexibility index (Phi) is 7.93. The molecule has 5 nitrogen and oxygen atoms in total. The Morgan fingerprint density at radius 3 is 2.71 bits per heavy atom. The zero-order chi connectivity index (χ0) is 15.7. The molecule has 1 N–H and O–H groups in total. The average Bonchev–Trinajstić information content (AvgIpc) is 2.49. The molecular weight excluding hydrogens is 266 g/mol. The summed E-state index contributed by atoms with van der Waals surface area (Å²) >= 11 is 0. The average molecular weight is 293 g/mol. The van der Waals surface area contributed by atoms with Crippen LogP contribution in [0.4, 0.5) is 0 Å². The molecule has 21 heavy (non-hydrogen) atoms. The van der Waals surface area contributed by atoms with E-state index in [1.165, 1.54) is 7.11 Å². The number of likely N-dealkylation sites (N-methyl/N-ethyl adjacent to an activating group) is 1. The molecule has 1 heterocycles. The van der Waals surface area contributed by atoms with Crippen molar-refractivity contribution in [2.24, 2.45) is 0 Å². The van der Waals surface area contributed by atoms with E-state index >= 15 is 0 Å². The third-order valence-electron chi connectivity index (χ3n) is 3.30. The SMILES string of the molecule is COC(=O)C(CCN(C)CCc1ccccn1)NC(C)C. The number of hydrogen-bond acceptors (Lipinski definition) is 5. The van der Waals surface area contributed by atoms with Gasteiger partial charge in [-0.1, -0.05) is 19.9 Å². The molecule has 1 atom stereocenters. The molecule has 1 aromatic rings. The van der Waals surface area contributed by atoms with Gasteiger partial charge in [-0.3, -0.25) is 9.78 Å². The standard InChI is InChI=1S/C16H27N3O2/c1-13(2)18-15(16(20)21-4)9-12-19(3)11-8-14-7-5-6-10-17-14/h5-7,10,13,15,18H,8-9,11-12H2,1-4H3. The van der Waals surface area contributed by atoms with Gasteiger partial charge in [0.1, 0.15) is 6.04 Å². The molecule has 0 aromatic carbocycles. The summed E-state index contributed by atoms with van der Waals surface area (Å²) in [6.45, 7) is 5.82. The zero-order valence-electron chi connectivity index (χ0n) is 13.5. The van der Waals surface area contributed by atoms with E-state index in [2.05, 4.69) is 22.2 Å². The summed E-state index contributed by atoms with van der Waals surface area (Å²) in [5.74, 6) is -0.193. The normalized spacial score (nSPS) is 12.7. The van der Waals surface area contributed by atoms with Crippen molar-refractivity contribution in [1.29, 1.82) is 0 Å². The van der Waals surface area contributed by atoms with Crippen LogP contribution in [0.5, 0.6) is 0 Å². The van der Waals surface area contributed by atoms with Crippen molar-refractivity contribution in [3.8, 4) is 0 Å². The van der Waals surface area contributed by atoms with Gasteiger partial charge in [-0.25, -0.2) is 0 Å². The van der Waals surface area contributed by atoms with Crippen LogP contribution in [0.25, 0.3) is 0 Å². The maximum absolute atomic E-state index is 11.7. The Bertz CT molecular complexity index is 409. The van der Waals surface area contributed by atoms with Gasteiger partial charge in [0.15, 0.2) is 0 Å². The number of methoxy groups -OCH3 is 1. The van der Waals surface area contributed by atoms with Crippen LogP contribution >= 0.6 is 0 Å². The van der Waals surface area contributed by atoms with E-state index < -0.39 is 0 Å². The smallest absolute Gasteiger partial charge is 0.322 e. The van der Waals surface area contributed by atoms with E-state index in [1.54, 1.807) is 0 Å². The van der Waals surface area contributed by atoms with Gasteiger partial charge in [-0.2, -0.15) is 0 Å². The minimum atomic E-state index is -0.243. The van der Waals surface area contributed by atoms with Gasteiger partial charge in [0.25, 0.3) is 0 Å². The molecule has 0 aliphatic carbocycles. The van der Waals surface area contributed by atoms with Crippen molar-refractivity contribution < 1.29 is 9.53 Å². The van der Waals surface area contributed by atoms with E-state index in [0.717, 1.165) is 31.6 Å². The number of hydrogen-bond donors (Lipinski definition) is 1. The number of ether oxygens (including phenoxy) is 1. The molecule has 0 bridgehead atoms.